The molecule has 59 heavy (non-hydrogen) atoms. The maximum Gasteiger partial charge on any atom is 0.451 e. The molecular weight excluding hydrogens is 761 g/mol. The highest BCUT2D eigenvalue weighted by atomic mass is 19.4. The van der Waals surface area contributed by atoms with Gasteiger partial charge in [0.2, 0.25) is 5.82 Å². The van der Waals surface area contributed by atoms with Crippen molar-refractivity contribution in [2.45, 2.75) is 12.4 Å². The standard InChI is InChI=1S/C48H27F6N5/c49-47(50,51)44-27-35(55-46(56-44)48(52,53)54)28-25-42(57-36-19-7-1-13-29(36)30-14-2-8-20-37(30)57)45(59-40-23-11-5-17-33(40)34-18-6-12-24-41(34)59)43(26-28)58-38-21-9-3-15-31(38)32-16-4-10-22-39(32)58/h1-27H. The van der Waals surface area contributed by atoms with Crippen LogP contribution in [0.15, 0.2) is 164 Å². The Kier molecular flexibility index (Phi) is 7.41. The lowest BCUT2D eigenvalue weighted by Crippen LogP contribution is -2.17. The van der Waals surface area contributed by atoms with Gasteiger partial charge in [-0.1, -0.05) is 109 Å². The second kappa shape index (κ2) is 12.5. The van der Waals surface area contributed by atoms with Crippen molar-refractivity contribution >= 4 is 65.4 Å². The summed E-state index contributed by atoms with van der Waals surface area (Å²) in [6, 6.07) is 51.1. The molecule has 4 aromatic heterocycles. The summed E-state index contributed by atoms with van der Waals surface area (Å²) in [6.45, 7) is 0. The fourth-order valence-corrected chi connectivity index (χ4v) is 8.72. The SMILES string of the molecule is FC(F)(F)c1cc(-c2cc(-n3c4ccccc4c4ccccc43)c(-n3c4ccccc4c4ccccc43)c(-n3c4ccccc4c4ccccc43)c2)nc(C(F)(F)F)n1. The van der Waals surface area contributed by atoms with Gasteiger partial charge >= 0.3 is 12.4 Å². The molecule has 0 fully saturated rings. The molecule has 0 aliphatic heterocycles. The molecule has 11 heteroatoms. The van der Waals surface area contributed by atoms with Crippen molar-refractivity contribution in [1.82, 2.24) is 23.7 Å². The normalized spacial score (nSPS) is 12.6. The highest BCUT2D eigenvalue weighted by molar-refractivity contribution is 6.13. The van der Waals surface area contributed by atoms with E-state index in [1.54, 1.807) is 12.1 Å². The highest BCUT2D eigenvalue weighted by Gasteiger charge is 2.40. The molecule has 0 aliphatic rings. The number of nitrogens with zero attached hydrogens (tertiary/aromatic N) is 5. The molecule has 0 atom stereocenters. The van der Waals surface area contributed by atoms with Crippen LogP contribution in [0.2, 0.25) is 0 Å². The third kappa shape index (κ3) is 5.27. The Balaban J connectivity index is 1.41. The van der Waals surface area contributed by atoms with Crippen LogP contribution in [0.3, 0.4) is 0 Å². The van der Waals surface area contributed by atoms with Gasteiger partial charge in [-0.3, -0.25) is 0 Å². The fourth-order valence-electron chi connectivity index (χ4n) is 8.72. The number of halogens is 6. The van der Waals surface area contributed by atoms with E-state index >= 15 is 0 Å². The highest BCUT2D eigenvalue weighted by Crippen LogP contribution is 2.45. The zero-order valence-corrected chi connectivity index (χ0v) is 30.6. The molecule has 7 aromatic carbocycles. The molecule has 0 N–H and O–H groups in total. The van der Waals surface area contributed by atoms with Crippen molar-refractivity contribution in [3.8, 4) is 28.3 Å². The van der Waals surface area contributed by atoms with Gasteiger partial charge in [0.1, 0.15) is 5.69 Å². The first kappa shape index (κ1) is 34.8. The molecule has 0 spiro atoms. The van der Waals surface area contributed by atoms with Crippen LogP contribution in [0.4, 0.5) is 26.3 Å². The summed E-state index contributed by atoms with van der Waals surface area (Å²) in [6.07, 6.45) is -10.4. The lowest BCUT2D eigenvalue weighted by atomic mass is 10.0. The lowest BCUT2D eigenvalue weighted by Gasteiger charge is -2.24. The quantitative estimate of drug-likeness (QED) is 0.167. The fraction of sp³-hybridized carbons (Fsp3) is 0.0417. The second-order valence-corrected chi connectivity index (χ2v) is 14.4. The number of fused-ring (bicyclic) bond motifs is 9. The summed E-state index contributed by atoms with van der Waals surface area (Å²) >= 11 is 0. The Hall–Kier alpha value is -7.40. The molecule has 286 valence electrons. The van der Waals surface area contributed by atoms with Crippen LogP contribution >= 0.6 is 0 Å². The van der Waals surface area contributed by atoms with E-state index in [1.165, 1.54) is 0 Å². The molecular formula is C48H27F6N5. The molecule has 11 rings (SSSR count). The van der Waals surface area contributed by atoms with Crippen LogP contribution < -0.4 is 0 Å². The van der Waals surface area contributed by atoms with Gasteiger partial charge in [-0.05, 0) is 54.6 Å². The van der Waals surface area contributed by atoms with Gasteiger partial charge in [0.25, 0.3) is 0 Å². The van der Waals surface area contributed by atoms with Crippen molar-refractivity contribution in [1.29, 1.82) is 0 Å². The minimum absolute atomic E-state index is 0.0293. The average molecular weight is 788 g/mol. The van der Waals surface area contributed by atoms with Gasteiger partial charge in [0.15, 0.2) is 0 Å². The zero-order valence-electron chi connectivity index (χ0n) is 30.6. The smallest absolute Gasteiger partial charge is 0.307 e. The van der Waals surface area contributed by atoms with Crippen LogP contribution in [0, 0.1) is 0 Å². The molecule has 0 amide bonds. The first-order valence-corrected chi connectivity index (χ1v) is 18.7. The van der Waals surface area contributed by atoms with E-state index in [0.29, 0.717) is 23.1 Å². The van der Waals surface area contributed by atoms with Crippen molar-refractivity contribution in [3.05, 3.63) is 175 Å². The predicted molar refractivity (Wildman–Crippen MR) is 220 cm³/mol. The van der Waals surface area contributed by atoms with Crippen LogP contribution in [0.1, 0.15) is 11.5 Å². The summed E-state index contributed by atoms with van der Waals surface area (Å²) < 4.78 is 92.7. The number of hydrogen-bond acceptors (Lipinski definition) is 2. The zero-order chi connectivity index (χ0) is 40.2. The van der Waals surface area contributed by atoms with E-state index in [-0.39, 0.29) is 5.56 Å². The van der Waals surface area contributed by atoms with E-state index < -0.39 is 29.6 Å². The second-order valence-electron chi connectivity index (χ2n) is 14.4. The Labute approximate surface area is 330 Å². The summed E-state index contributed by atoms with van der Waals surface area (Å²) in [5.41, 5.74) is 4.31. The maximum absolute atomic E-state index is 14.4. The van der Waals surface area contributed by atoms with E-state index in [0.717, 1.165) is 65.4 Å². The van der Waals surface area contributed by atoms with Crippen LogP contribution in [-0.2, 0) is 12.4 Å². The number of rotatable bonds is 4. The first-order valence-electron chi connectivity index (χ1n) is 18.7. The first-order chi connectivity index (χ1) is 28.6. The molecule has 4 heterocycles. The number of para-hydroxylation sites is 6. The van der Waals surface area contributed by atoms with Gasteiger partial charge in [-0.2, -0.15) is 26.3 Å². The predicted octanol–water partition coefficient (Wildman–Crippen LogP) is 13.5. The Morgan fingerprint density at radius 3 is 1.00 bits per heavy atom. The van der Waals surface area contributed by atoms with Gasteiger partial charge in [0, 0.05) is 37.9 Å². The van der Waals surface area contributed by atoms with Crippen LogP contribution in [0.25, 0.3) is 93.7 Å². The van der Waals surface area contributed by atoms with Crippen LogP contribution in [-0.4, -0.2) is 23.7 Å². The van der Waals surface area contributed by atoms with Crippen LogP contribution in [0.5, 0.6) is 0 Å². The Morgan fingerprint density at radius 1 is 0.356 bits per heavy atom. The molecule has 0 saturated carbocycles. The largest absolute Gasteiger partial charge is 0.451 e. The third-order valence-corrected chi connectivity index (χ3v) is 11.1. The topological polar surface area (TPSA) is 40.6 Å². The van der Waals surface area contributed by atoms with Crippen molar-refractivity contribution in [2.75, 3.05) is 0 Å². The number of alkyl halides is 6. The van der Waals surface area contributed by atoms with Gasteiger partial charge in [-0.15, -0.1) is 0 Å². The summed E-state index contributed by atoms with van der Waals surface area (Å²) in [5.74, 6) is -1.88. The van der Waals surface area contributed by atoms with Crippen molar-refractivity contribution in [3.63, 3.8) is 0 Å². The molecule has 11 aromatic rings. The molecule has 0 radical (unpaired) electrons. The van der Waals surface area contributed by atoms with Gasteiger partial charge in [0.05, 0.1) is 55.9 Å². The minimum atomic E-state index is -5.26. The van der Waals surface area contributed by atoms with Gasteiger partial charge in [-0.25, -0.2) is 9.97 Å². The van der Waals surface area contributed by atoms with E-state index in [1.807, 2.05) is 155 Å². The monoisotopic (exact) mass is 787 g/mol. The summed E-state index contributed by atoms with van der Waals surface area (Å²) in [5, 5.41) is 5.60. The molecule has 0 saturated heterocycles. The average Bonchev–Trinajstić information content (AvgIpc) is 3.88. The van der Waals surface area contributed by atoms with Crippen molar-refractivity contribution in [2.24, 2.45) is 0 Å². The summed E-state index contributed by atoms with van der Waals surface area (Å²) in [7, 11) is 0. The molecule has 0 aliphatic carbocycles. The van der Waals surface area contributed by atoms with E-state index in [9.17, 15) is 26.3 Å². The number of aromatic nitrogens is 5. The molecule has 0 unspecified atom stereocenters. The number of benzene rings is 7. The summed E-state index contributed by atoms with van der Waals surface area (Å²) in [4.78, 5) is 6.77. The van der Waals surface area contributed by atoms with E-state index in [2.05, 4.69) is 14.5 Å². The lowest BCUT2D eigenvalue weighted by molar-refractivity contribution is -0.152. The van der Waals surface area contributed by atoms with Gasteiger partial charge < -0.3 is 13.7 Å². The minimum Gasteiger partial charge on any atom is -0.307 e. The Morgan fingerprint density at radius 2 is 0.678 bits per heavy atom. The third-order valence-electron chi connectivity index (χ3n) is 11.1. The number of hydrogen-bond donors (Lipinski definition) is 0. The Bertz CT molecular complexity index is 3170. The maximum atomic E-state index is 14.4. The van der Waals surface area contributed by atoms with E-state index in [4.69, 9.17) is 0 Å². The molecule has 5 nitrogen and oxygen atoms in total. The molecule has 0 bridgehead atoms. The van der Waals surface area contributed by atoms with Crippen molar-refractivity contribution < 1.29 is 26.3 Å².